The van der Waals surface area contributed by atoms with Gasteiger partial charge in [0.15, 0.2) is 0 Å². The lowest BCUT2D eigenvalue weighted by atomic mass is 10.1. The Bertz CT molecular complexity index is 477. The zero-order valence-electron chi connectivity index (χ0n) is 11.5. The molecule has 1 aromatic carbocycles. The van der Waals surface area contributed by atoms with Gasteiger partial charge in [0.1, 0.15) is 0 Å². The molecule has 0 aliphatic rings. The molecule has 7 heteroatoms. The Morgan fingerprint density at radius 2 is 2.05 bits per heavy atom. The van der Waals surface area contributed by atoms with Gasteiger partial charge in [0.05, 0.1) is 16.8 Å². The zero-order chi connectivity index (χ0) is 15.3. The molecule has 0 bridgehead atoms. The van der Waals surface area contributed by atoms with Crippen LogP contribution in [0.2, 0.25) is 0 Å². The molecule has 20 heavy (non-hydrogen) atoms. The molecule has 0 saturated heterocycles. The highest BCUT2D eigenvalue weighted by Crippen LogP contribution is 2.36. The standard InChI is InChI=1S/C13H17F3N2OS/c1-8(7-20-3)18-12(19)9-5-4-6-10(11(9)17-2)13(14,15)16/h4-6,8,17H,7H2,1-3H3,(H,18,19). The molecule has 0 saturated carbocycles. The number of para-hydroxylation sites is 1. The molecule has 112 valence electrons. The highest BCUT2D eigenvalue weighted by atomic mass is 32.2. The van der Waals surface area contributed by atoms with Gasteiger partial charge < -0.3 is 10.6 Å². The summed E-state index contributed by atoms with van der Waals surface area (Å²) in [6.07, 6.45) is -2.61. The fraction of sp³-hybridized carbons (Fsp3) is 0.462. The third-order valence-electron chi connectivity index (χ3n) is 2.66. The van der Waals surface area contributed by atoms with Crippen LogP contribution in [-0.2, 0) is 6.18 Å². The van der Waals surface area contributed by atoms with Crippen LogP contribution in [0, 0.1) is 0 Å². The summed E-state index contributed by atoms with van der Waals surface area (Å²) in [4.78, 5) is 12.1. The van der Waals surface area contributed by atoms with E-state index >= 15 is 0 Å². The third kappa shape index (κ3) is 4.06. The Morgan fingerprint density at radius 1 is 1.40 bits per heavy atom. The summed E-state index contributed by atoms with van der Waals surface area (Å²) in [5, 5.41) is 5.15. The molecule has 0 aliphatic heterocycles. The van der Waals surface area contributed by atoms with Gasteiger partial charge >= 0.3 is 6.18 Å². The van der Waals surface area contributed by atoms with E-state index in [-0.39, 0.29) is 17.3 Å². The number of benzene rings is 1. The Hall–Kier alpha value is -1.37. The first-order valence-corrected chi connectivity index (χ1v) is 7.38. The third-order valence-corrected chi connectivity index (χ3v) is 3.49. The lowest BCUT2D eigenvalue weighted by Crippen LogP contribution is -2.34. The van der Waals surface area contributed by atoms with Gasteiger partial charge in [-0.2, -0.15) is 24.9 Å². The largest absolute Gasteiger partial charge is 0.418 e. The smallest absolute Gasteiger partial charge is 0.387 e. The molecule has 1 unspecified atom stereocenters. The van der Waals surface area contributed by atoms with Gasteiger partial charge in [-0.3, -0.25) is 4.79 Å². The number of nitrogens with one attached hydrogen (secondary N) is 2. The molecule has 1 aromatic rings. The van der Waals surface area contributed by atoms with Crippen LogP contribution >= 0.6 is 11.8 Å². The fourth-order valence-corrected chi connectivity index (χ4v) is 2.42. The van der Waals surface area contributed by atoms with Crippen molar-refractivity contribution in [3.63, 3.8) is 0 Å². The van der Waals surface area contributed by atoms with Crippen molar-refractivity contribution in [3.05, 3.63) is 29.3 Å². The molecule has 0 spiro atoms. The van der Waals surface area contributed by atoms with Gasteiger partial charge in [-0.1, -0.05) is 6.07 Å². The maximum absolute atomic E-state index is 12.9. The first-order chi connectivity index (χ1) is 9.31. The van der Waals surface area contributed by atoms with Gasteiger partial charge in [0.25, 0.3) is 5.91 Å². The predicted molar refractivity (Wildman–Crippen MR) is 76.3 cm³/mol. The maximum atomic E-state index is 12.9. The molecule has 1 rings (SSSR count). The second-order valence-electron chi connectivity index (χ2n) is 4.31. The average molecular weight is 306 g/mol. The van der Waals surface area contributed by atoms with Crippen molar-refractivity contribution in [1.82, 2.24) is 5.32 Å². The summed E-state index contributed by atoms with van der Waals surface area (Å²) in [6.45, 7) is 1.81. The molecule has 1 atom stereocenters. The van der Waals surface area contributed by atoms with E-state index in [1.54, 1.807) is 18.7 Å². The van der Waals surface area contributed by atoms with Crippen LogP contribution in [0.15, 0.2) is 18.2 Å². The van der Waals surface area contributed by atoms with Crippen molar-refractivity contribution < 1.29 is 18.0 Å². The summed E-state index contributed by atoms with van der Waals surface area (Å²) in [7, 11) is 1.37. The topological polar surface area (TPSA) is 41.1 Å². The summed E-state index contributed by atoms with van der Waals surface area (Å²) in [6, 6.07) is 3.45. The van der Waals surface area contributed by atoms with Crippen molar-refractivity contribution in [1.29, 1.82) is 0 Å². The maximum Gasteiger partial charge on any atom is 0.418 e. The van der Waals surface area contributed by atoms with Crippen molar-refractivity contribution in [2.45, 2.75) is 19.1 Å². The summed E-state index contributed by atoms with van der Waals surface area (Å²) in [5.74, 6) is 0.182. The molecular formula is C13H17F3N2OS. The summed E-state index contributed by atoms with van der Waals surface area (Å²) >= 11 is 1.55. The molecular weight excluding hydrogens is 289 g/mol. The summed E-state index contributed by atoms with van der Waals surface area (Å²) in [5.41, 5.74) is -1.05. The van der Waals surface area contributed by atoms with Crippen LogP contribution in [0.25, 0.3) is 0 Å². The van der Waals surface area contributed by atoms with Gasteiger partial charge in [0.2, 0.25) is 0 Å². The zero-order valence-corrected chi connectivity index (χ0v) is 12.3. The molecule has 0 radical (unpaired) electrons. The number of anilines is 1. The minimum absolute atomic E-state index is 0.00437. The SMILES string of the molecule is CNc1c(C(=O)NC(C)CSC)cccc1C(F)(F)F. The minimum atomic E-state index is -4.50. The van der Waals surface area contributed by atoms with Crippen LogP contribution in [0.5, 0.6) is 0 Å². The monoisotopic (exact) mass is 306 g/mol. The van der Waals surface area contributed by atoms with E-state index in [1.165, 1.54) is 19.2 Å². The van der Waals surface area contributed by atoms with E-state index in [2.05, 4.69) is 10.6 Å². The number of thioether (sulfide) groups is 1. The number of carbonyl (C=O) groups excluding carboxylic acids is 1. The van der Waals surface area contributed by atoms with Gasteiger partial charge in [0, 0.05) is 18.8 Å². The lowest BCUT2D eigenvalue weighted by molar-refractivity contribution is -0.136. The molecule has 2 N–H and O–H groups in total. The van der Waals surface area contributed by atoms with Crippen molar-refractivity contribution in [2.75, 3.05) is 24.4 Å². The molecule has 0 heterocycles. The van der Waals surface area contributed by atoms with Crippen LogP contribution in [0.4, 0.5) is 18.9 Å². The van der Waals surface area contributed by atoms with Crippen molar-refractivity contribution in [3.8, 4) is 0 Å². The fourth-order valence-electron chi connectivity index (χ4n) is 1.84. The van der Waals surface area contributed by atoms with E-state index in [1.807, 2.05) is 6.26 Å². The number of halogens is 3. The van der Waals surface area contributed by atoms with Gasteiger partial charge in [-0.15, -0.1) is 0 Å². The van der Waals surface area contributed by atoms with Crippen LogP contribution < -0.4 is 10.6 Å². The number of hydrogen-bond donors (Lipinski definition) is 2. The predicted octanol–water partition coefficient (Wildman–Crippen LogP) is 3.23. The molecule has 1 amide bonds. The molecule has 0 aliphatic carbocycles. The summed E-state index contributed by atoms with van der Waals surface area (Å²) < 4.78 is 38.7. The van der Waals surface area contributed by atoms with Crippen LogP contribution in [0.3, 0.4) is 0 Å². The van der Waals surface area contributed by atoms with E-state index in [0.717, 1.165) is 6.07 Å². The van der Waals surface area contributed by atoms with Gasteiger partial charge in [-0.05, 0) is 25.3 Å². The molecule has 0 fully saturated rings. The van der Waals surface area contributed by atoms with E-state index in [9.17, 15) is 18.0 Å². The average Bonchev–Trinajstić information content (AvgIpc) is 2.36. The highest BCUT2D eigenvalue weighted by Gasteiger charge is 2.35. The Morgan fingerprint density at radius 3 is 2.55 bits per heavy atom. The number of carbonyl (C=O) groups is 1. The first-order valence-electron chi connectivity index (χ1n) is 5.99. The van der Waals surface area contributed by atoms with E-state index in [0.29, 0.717) is 5.75 Å². The van der Waals surface area contributed by atoms with Crippen LogP contribution in [-0.4, -0.2) is 31.0 Å². The van der Waals surface area contributed by atoms with Crippen LogP contribution in [0.1, 0.15) is 22.8 Å². The van der Waals surface area contributed by atoms with Crippen molar-refractivity contribution in [2.24, 2.45) is 0 Å². The quantitative estimate of drug-likeness (QED) is 0.877. The second-order valence-corrected chi connectivity index (χ2v) is 5.22. The second kappa shape index (κ2) is 6.88. The number of alkyl halides is 3. The Kier molecular flexibility index (Phi) is 5.74. The lowest BCUT2D eigenvalue weighted by Gasteiger charge is -2.18. The Labute approximate surface area is 120 Å². The van der Waals surface area contributed by atoms with E-state index in [4.69, 9.17) is 0 Å². The van der Waals surface area contributed by atoms with Gasteiger partial charge in [-0.25, -0.2) is 0 Å². The highest BCUT2D eigenvalue weighted by molar-refractivity contribution is 7.98. The number of amides is 1. The number of rotatable bonds is 5. The Balaban J connectivity index is 3.09. The first kappa shape index (κ1) is 16.7. The molecule has 0 aromatic heterocycles. The number of hydrogen-bond acceptors (Lipinski definition) is 3. The molecule has 3 nitrogen and oxygen atoms in total. The van der Waals surface area contributed by atoms with Crippen molar-refractivity contribution >= 4 is 23.4 Å². The normalized spacial score (nSPS) is 12.9. The van der Waals surface area contributed by atoms with E-state index < -0.39 is 17.6 Å². The minimum Gasteiger partial charge on any atom is -0.387 e.